The van der Waals surface area contributed by atoms with Crippen LogP contribution in [0.3, 0.4) is 0 Å². The van der Waals surface area contributed by atoms with Gasteiger partial charge in [0.25, 0.3) is 0 Å². The molecule has 4 rings (SSSR count). The van der Waals surface area contributed by atoms with Gasteiger partial charge in [0.2, 0.25) is 15.9 Å². The van der Waals surface area contributed by atoms with Crippen molar-refractivity contribution >= 4 is 26.8 Å². The van der Waals surface area contributed by atoms with E-state index in [1.54, 1.807) is 43.6 Å². The quantitative estimate of drug-likeness (QED) is 0.387. The number of fused-ring (bicyclic) bond motifs is 1. The van der Waals surface area contributed by atoms with Crippen LogP contribution in [0.4, 0.5) is 0 Å². The van der Waals surface area contributed by atoms with Crippen LogP contribution in [0, 0.1) is 0 Å². The maximum Gasteiger partial charge on any atom is 0.243 e. The van der Waals surface area contributed by atoms with Crippen LogP contribution in [0.15, 0.2) is 96.0 Å². The molecule has 0 saturated heterocycles. The zero-order valence-corrected chi connectivity index (χ0v) is 19.5. The third-order valence-electron chi connectivity index (χ3n) is 5.43. The fraction of sp³-hybridized carbons (Fsp3) is 0.154. The number of benzene rings is 3. The third kappa shape index (κ3) is 5.41. The first-order valence-electron chi connectivity index (χ1n) is 10.8. The minimum atomic E-state index is -4.05. The Balaban J connectivity index is 1.61. The highest BCUT2D eigenvalue weighted by Crippen LogP contribution is 2.21. The highest BCUT2D eigenvalue weighted by molar-refractivity contribution is 7.89. The van der Waals surface area contributed by atoms with Gasteiger partial charge in [-0.1, -0.05) is 66.7 Å². The van der Waals surface area contributed by atoms with Crippen molar-refractivity contribution in [2.24, 2.45) is 0 Å². The Kier molecular flexibility index (Phi) is 7.20. The summed E-state index contributed by atoms with van der Waals surface area (Å²) in [5, 5.41) is 3.54. The van der Waals surface area contributed by atoms with Gasteiger partial charge in [0, 0.05) is 23.7 Å². The molecule has 0 aliphatic carbocycles. The summed E-state index contributed by atoms with van der Waals surface area (Å²) >= 11 is 0. The monoisotopic (exact) mass is 475 g/mol. The van der Waals surface area contributed by atoms with E-state index in [-0.39, 0.29) is 17.9 Å². The summed E-state index contributed by atoms with van der Waals surface area (Å²) in [6, 6.07) is 24.1. The average molecular weight is 476 g/mol. The molecule has 0 spiro atoms. The number of pyridine rings is 1. The van der Waals surface area contributed by atoms with Crippen LogP contribution in [-0.4, -0.2) is 32.5 Å². The zero-order chi connectivity index (χ0) is 24.0. The molecule has 1 atom stereocenters. The molecular weight excluding hydrogens is 450 g/mol. The Morgan fingerprint density at radius 2 is 1.68 bits per heavy atom. The van der Waals surface area contributed by atoms with Crippen LogP contribution in [0.2, 0.25) is 0 Å². The Labute approximate surface area is 198 Å². The minimum absolute atomic E-state index is 0.0289. The first-order chi connectivity index (χ1) is 16.5. The van der Waals surface area contributed by atoms with E-state index in [0.29, 0.717) is 16.7 Å². The molecule has 1 aromatic heterocycles. The molecular formula is C26H25N3O4S. The van der Waals surface area contributed by atoms with Crippen molar-refractivity contribution in [3.05, 3.63) is 102 Å². The van der Waals surface area contributed by atoms with E-state index in [4.69, 9.17) is 4.74 Å². The van der Waals surface area contributed by atoms with Gasteiger partial charge in [-0.2, -0.15) is 4.72 Å². The van der Waals surface area contributed by atoms with Gasteiger partial charge >= 0.3 is 0 Å². The normalized spacial score (nSPS) is 12.3. The number of carbonyl (C=O) groups is 1. The molecule has 0 saturated carbocycles. The fourth-order valence-electron chi connectivity index (χ4n) is 3.74. The number of methoxy groups -OCH3 is 1. The number of carbonyl (C=O) groups excluding carboxylic acids is 1. The van der Waals surface area contributed by atoms with Crippen molar-refractivity contribution in [1.29, 1.82) is 0 Å². The molecule has 34 heavy (non-hydrogen) atoms. The Morgan fingerprint density at radius 1 is 0.941 bits per heavy atom. The van der Waals surface area contributed by atoms with Crippen molar-refractivity contribution in [2.45, 2.75) is 23.9 Å². The summed E-state index contributed by atoms with van der Waals surface area (Å²) in [5.41, 5.74) is 1.97. The smallest absolute Gasteiger partial charge is 0.243 e. The molecule has 0 radical (unpaired) electrons. The van der Waals surface area contributed by atoms with Crippen molar-refractivity contribution in [2.75, 3.05) is 7.11 Å². The lowest BCUT2D eigenvalue weighted by Crippen LogP contribution is -2.47. The molecule has 1 heterocycles. The largest absolute Gasteiger partial charge is 0.496 e. The standard InChI is InChI=1S/C26H25N3O4S/c1-33-23-14-6-5-11-21(23)18-28-26(30)22(17-19-9-3-2-4-10-19)29-34(31,32)24-15-7-12-20-13-8-16-27-25(20)24/h2-16,22,29H,17-18H2,1H3,(H,28,30)/t22-/m1/s1. The Morgan fingerprint density at radius 3 is 2.47 bits per heavy atom. The molecule has 4 aromatic rings. The molecule has 1 amide bonds. The van der Waals surface area contributed by atoms with E-state index < -0.39 is 22.0 Å². The zero-order valence-electron chi connectivity index (χ0n) is 18.6. The van der Waals surface area contributed by atoms with Gasteiger partial charge in [-0.15, -0.1) is 0 Å². The number of nitrogens with one attached hydrogen (secondary N) is 2. The topological polar surface area (TPSA) is 97.4 Å². The summed E-state index contributed by atoms with van der Waals surface area (Å²) in [6.45, 7) is 0.200. The molecule has 8 heteroatoms. The van der Waals surface area contributed by atoms with Crippen LogP contribution in [-0.2, 0) is 27.8 Å². The molecule has 0 aliphatic heterocycles. The summed E-state index contributed by atoms with van der Waals surface area (Å²) in [4.78, 5) is 17.5. The summed E-state index contributed by atoms with van der Waals surface area (Å²) in [5.74, 6) is 0.205. The molecule has 3 aromatic carbocycles. The van der Waals surface area contributed by atoms with Crippen molar-refractivity contribution in [1.82, 2.24) is 15.0 Å². The number of nitrogens with zero attached hydrogens (tertiary/aromatic N) is 1. The summed E-state index contributed by atoms with van der Waals surface area (Å²) in [7, 11) is -2.48. The number of amides is 1. The molecule has 0 unspecified atom stereocenters. The van der Waals surface area contributed by atoms with Gasteiger partial charge < -0.3 is 10.1 Å². The van der Waals surface area contributed by atoms with Crippen LogP contribution in [0.25, 0.3) is 10.9 Å². The van der Waals surface area contributed by atoms with Gasteiger partial charge in [0.15, 0.2) is 0 Å². The number of sulfonamides is 1. The molecule has 7 nitrogen and oxygen atoms in total. The Hall–Kier alpha value is -3.75. The van der Waals surface area contributed by atoms with Gasteiger partial charge in [-0.3, -0.25) is 9.78 Å². The van der Waals surface area contributed by atoms with Crippen molar-refractivity contribution in [3.8, 4) is 5.75 Å². The van der Waals surface area contributed by atoms with E-state index in [0.717, 1.165) is 11.1 Å². The van der Waals surface area contributed by atoms with Gasteiger partial charge in [-0.05, 0) is 30.2 Å². The second-order valence-corrected chi connectivity index (χ2v) is 9.41. The first kappa shape index (κ1) is 23.4. The van der Waals surface area contributed by atoms with Crippen LogP contribution >= 0.6 is 0 Å². The van der Waals surface area contributed by atoms with Gasteiger partial charge in [-0.25, -0.2) is 8.42 Å². The maximum absolute atomic E-state index is 13.4. The number of ether oxygens (including phenoxy) is 1. The predicted octanol–water partition coefficient (Wildman–Crippen LogP) is 3.45. The minimum Gasteiger partial charge on any atom is -0.496 e. The number of hydrogen-bond donors (Lipinski definition) is 2. The van der Waals surface area contributed by atoms with E-state index in [1.165, 1.54) is 6.07 Å². The maximum atomic E-state index is 13.4. The van der Waals surface area contributed by atoms with Crippen LogP contribution in [0.1, 0.15) is 11.1 Å². The highest BCUT2D eigenvalue weighted by Gasteiger charge is 2.27. The van der Waals surface area contributed by atoms with E-state index >= 15 is 0 Å². The molecule has 0 bridgehead atoms. The second kappa shape index (κ2) is 10.5. The molecule has 0 aliphatic rings. The van der Waals surface area contributed by atoms with Crippen molar-refractivity contribution < 1.29 is 17.9 Å². The summed E-state index contributed by atoms with van der Waals surface area (Å²) < 4.78 is 34.7. The van der Waals surface area contributed by atoms with Crippen LogP contribution < -0.4 is 14.8 Å². The lowest BCUT2D eigenvalue weighted by atomic mass is 10.1. The number of rotatable bonds is 9. The van der Waals surface area contributed by atoms with E-state index in [9.17, 15) is 13.2 Å². The Bertz CT molecular complexity index is 1390. The number of hydrogen-bond acceptors (Lipinski definition) is 5. The highest BCUT2D eigenvalue weighted by atomic mass is 32.2. The van der Waals surface area contributed by atoms with E-state index in [1.807, 2.05) is 48.5 Å². The fourth-order valence-corrected chi connectivity index (χ4v) is 5.11. The molecule has 2 N–H and O–H groups in total. The van der Waals surface area contributed by atoms with Gasteiger partial charge in [0.1, 0.15) is 16.7 Å². The predicted molar refractivity (Wildman–Crippen MR) is 131 cm³/mol. The SMILES string of the molecule is COc1ccccc1CNC(=O)[C@@H](Cc1ccccc1)NS(=O)(=O)c1cccc2cccnc12. The molecule has 174 valence electrons. The lowest BCUT2D eigenvalue weighted by Gasteiger charge is -2.20. The van der Waals surface area contributed by atoms with Crippen molar-refractivity contribution in [3.63, 3.8) is 0 Å². The van der Waals surface area contributed by atoms with Crippen LogP contribution in [0.5, 0.6) is 5.75 Å². The second-order valence-electron chi connectivity index (χ2n) is 7.72. The first-order valence-corrected chi connectivity index (χ1v) is 12.3. The lowest BCUT2D eigenvalue weighted by molar-refractivity contribution is -0.122. The number of aromatic nitrogens is 1. The third-order valence-corrected chi connectivity index (χ3v) is 6.93. The summed E-state index contributed by atoms with van der Waals surface area (Å²) in [6.07, 6.45) is 1.73. The average Bonchev–Trinajstić information content (AvgIpc) is 2.87. The number of para-hydroxylation sites is 2. The van der Waals surface area contributed by atoms with Gasteiger partial charge in [0.05, 0.1) is 12.6 Å². The van der Waals surface area contributed by atoms with E-state index in [2.05, 4.69) is 15.0 Å². The molecule has 0 fully saturated rings.